The van der Waals surface area contributed by atoms with Gasteiger partial charge >= 0.3 is 0 Å². The van der Waals surface area contributed by atoms with Gasteiger partial charge in [-0.1, -0.05) is 0 Å². The van der Waals surface area contributed by atoms with Crippen LogP contribution < -0.4 is 10.6 Å². The van der Waals surface area contributed by atoms with E-state index in [2.05, 4.69) is 15.6 Å². The van der Waals surface area contributed by atoms with Crippen molar-refractivity contribution < 1.29 is 14.3 Å². The molecule has 6 nitrogen and oxygen atoms in total. The molecule has 1 aromatic rings. The lowest BCUT2D eigenvalue weighted by Gasteiger charge is -2.15. The molecule has 0 bridgehead atoms. The SMILES string of the molecule is CCNc1cc(C(=O)NCC(COC)OC)ccn1. The fourth-order valence-corrected chi connectivity index (χ4v) is 1.55. The van der Waals surface area contributed by atoms with Gasteiger partial charge in [0.05, 0.1) is 12.7 Å². The number of carbonyl (C=O) groups excluding carboxylic acids is 1. The Morgan fingerprint density at radius 3 is 2.89 bits per heavy atom. The summed E-state index contributed by atoms with van der Waals surface area (Å²) in [6.07, 6.45) is 1.46. The van der Waals surface area contributed by atoms with Crippen LogP contribution in [0.2, 0.25) is 0 Å². The van der Waals surface area contributed by atoms with E-state index in [0.717, 1.165) is 6.54 Å². The second kappa shape index (κ2) is 8.44. The minimum Gasteiger partial charge on any atom is -0.382 e. The van der Waals surface area contributed by atoms with Crippen molar-refractivity contribution in [2.45, 2.75) is 13.0 Å². The van der Waals surface area contributed by atoms with Crippen LogP contribution in [0, 0.1) is 0 Å². The Morgan fingerprint density at radius 1 is 1.47 bits per heavy atom. The summed E-state index contributed by atoms with van der Waals surface area (Å²) < 4.78 is 10.2. The Morgan fingerprint density at radius 2 is 2.26 bits per heavy atom. The summed E-state index contributed by atoms with van der Waals surface area (Å²) >= 11 is 0. The normalized spacial score (nSPS) is 11.9. The predicted octanol–water partition coefficient (Wildman–Crippen LogP) is 0.905. The van der Waals surface area contributed by atoms with E-state index < -0.39 is 0 Å². The van der Waals surface area contributed by atoms with Gasteiger partial charge in [0.2, 0.25) is 0 Å². The van der Waals surface area contributed by atoms with Crippen LogP contribution >= 0.6 is 0 Å². The molecule has 0 aromatic carbocycles. The zero-order valence-corrected chi connectivity index (χ0v) is 11.6. The molecule has 1 aromatic heterocycles. The second-order valence-corrected chi connectivity index (χ2v) is 3.98. The zero-order chi connectivity index (χ0) is 14.1. The highest BCUT2D eigenvalue weighted by molar-refractivity contribution is 5.94. The number of amides is 1. The third-order valence-corrected chi connectivity index (χ3v) is 2.56. The molecule has 106 valence electrons. The van der Waals surface area contributed by atoms with E-state index in [1.165, 1.54) is 0 Å². The summed E-state index contributed by atoms with van der Waals surface area (Å²) in [5.74, 6) is 0.537. The molecule has 19 heavy (non-hydrogen) atoms. The first-order valence-corrected chi connectivity index (χ1v) is 6.21. The fourth-order valence-electron chi connectivity index (χ4n) is 1.55. The Hall–Kier alpha value is -1.66. The van der Waals surface area contributed by atoms with Gasteiger partial charge < -0.3 is 20.1 Å². The van der Waals surface area contributed by atoms with Crippen LogP contribution in [0.25, 0.3) is 0 Å². The molecule has 0 aliphatic carbocycles. The molecular weight excluding hydrogens is 246 g/mol. The Kier molecular flexibility index (Phi) is 6.84. The van der Waals surface area contributed by atoms with Gasteiger partial charge in [0, 0.05) is 39.1 Å². The Labute approximate surface area is 113 Å². The number of hydrogen-bond acceptors (Lipinski definition) is 5. The topological polar surface area (TPSA) is 72.5 Å². The summed E-state index contributed by atoms with van der Waals surface area (Å²) in [4.78, 5) is 16.1. The number of nitrogens with zero attached hydrogens (tertiary/aromatic N) is 1. The van der Waals surface area contributed by atoms with Gasteiger partial charge in [0.15, 0.2) is 0 Å². The zero-order valence-electron chi connectivity index (χ0n) is 11.6. The van der Waals surface area contributed by atoms with Gasteiger partial charge in [-0.15, -0.1) is 0 Å². The van der Waals surface area contributed by atoms with E-state index in [-0.39, 0.29) is 12.0 Å². The van der Waals surface area contributed by atoms with Gasteiger partial charge in [0.25, 0.3) is 5.91 Å². The molecule has 0 fully saturated rings. The minimum atomic E-state index is -0.153. The van der Waals surface area contributed by atoms with Crippen LogP contribution in [-0.4, -0.2) is 50.9 Å². The molecule has 0 spiro atoms. The van der Waals surface area contributed by atoms with Gasteiger partial charge in [-0.3, -0.25) is 4.79 Å². The highest BCUT2D eigenvalue weighted by Gasteiger charge is 2.11. The summed E-state index contributed by atoms with van der Waals surface area (Å²) in [5.41, 5.74) is 0.568. The highest BCUT2D eigenvalue weighted by Crippen LogP contribution is 2.06. The first-order valence-electron chi connectivity index (χ1n) is 6.21. The third kappa shape index (κ3) is 5.23. The number of nitrogens with one attached hydrogen (secondary N) is 2. The number of aromatic nitrogens is 1. The number of anilines is 1. The van der Waals surface area contributed by atoms with E-state index in [0.29, 0.717) is 24.5 Å². The standard InChI is InChI=1S/C13H21N3O3/c1-4-14-12-7-10(5-6-15-12)13(17)16-8-11(19-3)9-18-2/h5-7,11H,4,8-9H2,1-3H3,(H,14,15)(H,16,17). The van der Waals surface area contributed by atoms with Crippen molar-refractivity contribution >= 4 is 11.7 Å². The molecule has 0 aliphatic heterocycles. The van der Waals surface area contributed by atoms with Crippen molar-refractivity contribution in [1.29, 1.82) is 0 Å². The van der Waals surface area contributed by atoms with Gasteiger partial charge in [-0.05, 0) is 19.1 Å². The van der Waals surface area contributed by atoms with Crippen molar-refractivity contribution in [2.75, 3.05) is 39.2 Å². The molecule has 0 radical (unpaired) electrons. The van der Waals surface area contributed by atoms with Gasteiger partial charge in [-0.2, -0.15) is 0 Å². The predicted molar refractivity (Wildman–Crippen MR) is 73.4 cm³/mol. The molecule has 1 heterocycles. The summed E-state index contributed by atoms with van der Waals surface area (Å²) in [7, 11) is 3.19. The number of rotatable bonds is 8. The van der Waals surface area contributed by atoms with Crippen LogP contribution in [0.5, 0.6) is 0 Å². The van der Waals surface area contributed by atoms with E-state index in [1.54, 1.807) is 32.5 Å². The average molecular weight is 267 g/mol. The molecule has 0 saturated carbocycles. The monoisotopic (exact) mass is 267 g/mol. The van der Waals surface area contributed by atoms with Gasteiger partial charge in [0.1, 0.15) is 5.82 Å². The summed E-state index contributed by atoms with van der Waals surface area (Å²) in [6, 6.07) is 3.39. The van der Waals surface area contributed by atoms with Crippen molar-refractivity contribution in [3.8, 4) is 0 Å². The van der Waals surface area contributed by atoms with Crippen molar-refractivity contribution in [1.82, 2.24) is 10.3 Å². The van der Waals surface area contributed by atoms with E-state index in [9.17, 15) is 4.79 Å². The number of carbonyl (C=O) groups is 1. The van der Waals surface area contributed by atoms with Crippen LogP contribution in [0.15, 0.2) is 18.3 Å². The highest BCUT2D eigenvalue weighted by atomic mass is 16.5. The summed E-state index contributed by atoms with van der Waals surface area (Å²) in [6.45, 7) is 3.58. The van der Waals surface area contributed by atoms with E-state index in [1.807, 2.05) is 6.92 Å². The first-order chi connectivity index (χ1) is 9.21. The van der Waals surface area contributed by atoms with Crippen LogP contribution in [0.1, 0.15) is 17.3 Å². The van der Waals surface area contributed by atoms with Crippen molar-refractivity contribution in [3.63, 3.8) is 0 Å². The molecule has 0 aliphatic rings. The number of hydrogen-bond donors (Lipinski definition) is 2. The number of methoxy groups -OCH3 is 2. The average Bonchev–Trinajstić information content (AvgIpc) is 2.43. The molecule has 1 amide bonds. The minimum absolute atomic E-state index is 0.149. The van der Waals surface area contributed by atoms with Crippen LogP contribution in [-0.2, 0) is 9.47 Å². The maximum atomic E-state index is 12.0. The lowest BCUT2D eigenvalue weighted by atomic mass is 10.2. The molecule has 0 saturated heterocycles. The molecular formula is C13H21N3O3. The largest absolute Gasteiger partial charge is 0.382 e. The quantitative estimate of drug-likeness (QED) is 0.732. The maximum absolute atomic E-state index is 12.0. The van der Waals surface area contributed by atoms with Crippen molar-refractivity contribution in [2.24, 2.45) is 0 Å². The van der Waals surface area contributed by atoms with E-state index in [4.69, 9.17) is 9.47 Å². The second-order valence-electron chi connectivity index (χ2n) is 3.98. The first kappa shape index (κ1) is 15.4. The van der Waals surface area contributed by atoms with Crippen molar-refractivity contribution in [3.05, 3.63) is 23.9 Å². The molecule has 1 atom stereocenters. The van der Waals surface area contributed by atoms with Gasteiger partial charge in [-0.25, -0.2) is 4.98 Å². The molecule has 2 N–H and O–H groups in total. The number of pyridine rings is 1. The van der Waals surface area contributed by atoms with E-state index >= 15 is 0 Å². The lowest BCUT2D eigenvalue weighted by molar-refractivity contribution is 0.0285. The lowest BCUT2D eigenvalue weighted by Crippen LogP contribution is -2.35. The molecule has 1 rings (SSSR count). The Balaban J connectivity index is 2.55. The Bertz CT molecular complexity index is 398. The molecule has 6 heteroatoms. The summed E-state index contributed by atoms with van der Waals surface area (Å²) in [5, 5.41) is 5.87. The van der Waals surface area contributed by atoms with Crippen LogP contribution in [0.4, 0.5) is 5.82 Å². The van der Waals surface area contributed by atoms with Crippen LogP contribution in [0.3, 0.4) is 0 Å². The smallest absolute Gasteiger partial charge is 0.251 e. The number of ether oxygens (including phenoxy) is 2. The maximum Gasteiger partial charge on any atom is 0.251 e. The molecule has 1 unspecified atom stereocenters. The fraction of sp³-hybridized carbons (Fsp3) is 0.538. The third-order valence-electron chi connectivity index (χ3n) is 2.56.